The SMILES string of the molecule is COc1cccc(/C=C2/NC(=O)N(CC(=O)Nc3ccc(Cl)cc3)C2=O)c1OC(C)C. The monoisotopic (exact) mass is 443 g/mol. The first kappa shape index (κ1) is 22.2. The molecule has 2 aromatic rings. The maximum Gasteiger partial charge on any atom is 0.329 e. The number of urea groups is 1. The fourth-order valence-corrected chi connectivity index (χ4v) is 3.04. The topological polar surface area (TPSA) is 97.0 Å². The van der Waals surface area contributed by atoms with Crippen LogP contribution in [0.3, 0.4) is 0 Å². The molecule has 0 atom stereocenters. The maximum atomic E-state index is 12.7. The predicted octanol–water partition coefficient (Wildman–Crippen LogP) is 3.67. The van der Waals surface area contributed by atoms with E-state index in [1.54, 1.807) is 42.5 Å². The molecule has 0 saturated carbocycles. The molecular formula is C22H22ClN3O5. The van der Waals surface area contributed by atoms with Gasteiger partial charge in [0.2, 0.25) is 5.91 Å². The van der Waals surface area contributed by atoms with Crippen molar-refractivity contribution in [3.63, 3.8) is 0 Å². The number of halogens is 1. The van der Waals surface area contributed by atoms with Gasteiger partial charge in [-0.1, -0.05) is 23.7 Å². The van der Waals surface area contributed by atoms with Gasteiger partial charge in [-0.2, -0.15) is 0 Å². The van der Waals surface area contributed by atoms with Crippen LogP contribution in [0, 0.1) is 0 Å². The van der Waals surface area contributed by atoms with Gasteiger partial charge in [-0.3, -0.25) is 9.59 Å². The van der Waals surface area contributed by atoms with Gasteiger partial charge in [0.25, 0.3) is 5.91 Å². The zero-order chi connectivity index (χ0) is 22.5. The number of hydrogen-bond acceptors (Lipinski definition) is 5. The van der Waals surface area contributed by atoms with Crippen molar-refractivity contribution in [2.24, 2.45) is 0 Å². The molecule has 0 bridgehead atoms. The summed E-state index contributed by atoms with van der Waals surface area (Å²) in [5.74, 6) is -0.181. The lowest BCUT2D eigenvalue weighted by Gasteiger charge is -2.16. The molecule has 1 heterocycles. The van der Waals surface area contributed by atoms with Crippen LogP contribution in [0.4, 0.5) is 10.5 Å². The minimum atomic E-state index is -0.684. The summed E-state index contributed by atoms with van der Waals surface area (Å²) >= 11 is 5.82. The molecule has 3 rings (SSSR count). The highest BCUT2D eigenvalue weighted by Crippen LogP contribution is 2.33. The zero-order valence-electron chi connectivity index (χ0n) is 17.3. The van der Waals surface area contributed by atoms with Gasteiger partial charge in [0.15, 0.2) is 11.5 Å². The molecular weight excluding hydrogens is 422 g/mol. The van der Waals surface area contributed by atoms with Crippen molar-refractivity contribution in [2.45, 2.75) is 20.0 Å². The second-order valence-electron chi connectivity index (χ2n) is 6.98. The van der Waals surface area contributed by atoms with Gasteiger partial charge in [-0.15, -0.1) is 0 Å². The number of carbonyl (C=O) groups is 3. The largest absolute Gasteiger partial charge is 0.493 e. The average Bonchev–Trinajstić information content (AvgIpc) is 2.98. The summed E-state index contributed by atoms with van der Waals surface area (Å²) in [7, 11) is 1.52. The van der Waals surface area contributed by atoms with Gasteiger partial charge in [-0.05, 0) is 50.3 Å². The third kappa shape index (κ3) is 5.35. The highest BCUT2D eigenvalue weighted by Gasteiger charge is 2.35. The number of rotatable bonds is 7. The number of amides is 4. The number of imide groups is 1. The Labute approximate surface area is 184 Å². The lowest BCUT2D eigenvalue weighted by molar-refractivity contribution is -0.127. The third-order valence-corrected chi connectivity index (χ3v) is 4.53. The van der Waals surface area contributed by atoms with Crippen LogP contribution in [-0.2, 0) is 9.59 Å². The quantitative estimate of drug-likeness (QED) is 0.502. The molecule has 31 heavy (non-hydrogen) atoms. The second-order valence-corrected chi connectivity index (χ2v) is 7.42. The summed E-state index contributed by atoms with van der Waals surface area (Å²) in [6, 6.07) is 11.0. The number of methoxy groups -OCH3 is 1. The molecule has 2 aromatic carbocycles. The van der Waals surface area contributed by atoms with Crippen LogP contribution in [0.15, 0.2) is 48.2 Å². The summed E-state index contributed by atoms with van der Waals surface area (Å²) in [6.07, 6.45) is 1.37. The fourth-order valence-electron chi connectivity index (χ4n) is 2.92. The van der Waals surface area contributed by atoms with Crippen LogP contribution in [0.25, 0.3) is 6.08 Å². The molecule has 0 aliphatic carbocycles. The summed E-state index contributed by atoms with van der Waals surface area (Å²) < 4.78 is 11.2. The minimum absolute atomic E-state index is 0.0335. The van der Waals surface area contributed by atoms with Crippen molar-refractivity contribution in [1.29, 1.82) is 0 Å². The second kappa shape index (κ2) is 9.53. The summed E-state index contributed by atoms with van der Waals surface area (Å²) in [5.41, 5.74) is 1.10. The van der Waals surface area contributed by atoms with E-state index in [0.717, 1.165) is 4.90 Å². The highest BCUT2D eigenvalue weighted by molar-refractivity contribution is 6.30. The molecule has 0 aromatic heterocycles. The summed E-state index contributed by atoms with van der Waals surface area (Å²) in [5, 5.41) is 5.65. The van der Waals surface area contributed by atoms with E-state index in [2.05, 4.69) is 10.6 Å². The van der Waals surface area contributed by atoms with E-state index < -0.39 is 24.4 Å². The number of ether oxygens (including phenoxy) is 2. The number of nitrogens with one attached hydrogen (secondary N) is 2. The Bertz CT molecular complexity index is 1030. The number of para-hydroxylation sites is 1. The lowest BCUT2D eigenvalue weighted by atomic mass is 10.1. The van der Waals surface area contributed by atoms with E-state index in [1.807, 2.05) is 13.8 Å². The third-order valence-electron chi connectivity index (χ3n) is 4.27. The van der Waals surface area contributed by atoms with Crippen LogP contribution < -0.4 is 20.1 Å². The Morgan fingerprint density at radius 2 is 1.90 bits per heavy atom. The summed E-state index contributed by atoms with van der Waals surface area (Å²) in [6.45, 7) is 3.30. The van der Waals surface area contributed by atoms with Crippen molar-refractivity contribution < 1.29 is 23.9 Å². The number of anilines is 1. The number of nitrogens with zero attached hydrogens (tertiary/aromatic N) is 1. The Balaban J connectivity index is 1.77. The standard InChI is InChI=1S/C22H22ClN3O5/c1-13(2)31-20-14(5-4-6-18(20)30-3)11-17-21(28)26(22(29)25-17)12-19(27)24-16-9-7-15(23)8-10-16/h4-11,13H,12H2,1-3H3,(H,24,27)(H,25,29)/b17-11+. The molecule has 1 aliphatic rings. The molecule has 9 heteroatoms. The van der Waals surface area contributed by atoms with Crippen molar-refractivity contribution in [3.8, 4) is 11.5 Å². The van der Waals surface area contributed by atoms with E-state index in [0.29, 0.717) is 27.8 Å². The Morgan fingerprint density at radius 3 is 2.55 bits per heavy atom. The molecule has 4 amide bonds. The van der Waals surface area contributed by atoms with Crippen LogP contribution in [-0.4, -0.2) is 42.5 Å². The van der Waals surface area contributed by atoms with Gasteiger partial charge in [0.05, 0.1) is 13.2 Å². The predicted molar refractivity (Wildman–Crippen MR) is 117 cm³/mol. The molecule has 1 saturated heterocycles. The van der Waals surface area contributed by atoms with E-state index in [4.69, 9.17) is 21.1 Å². The Kier molecular flexibility index (Phi) is 6.81. The fraction of sp³-hybridized carbons (Fsp3) is 0.227. The Hall–Kier alpha value is -3.52. The maximum absolute atomic E-state index is 12.7. The van der Waals surface area contributed by atoms with Crippen molar-refractivity contribution in [2.75, 3.05) is 19.0 Å². The molecule has 2 N–H and O–H groups in total. The lowest BCUT2D eigenvalue weighted by Crippen LogP contribution is -2.38. The van der Waals surface area contributed by atoms with Crippen LogP contribution in [0.2, 0.25) is 5.02 Å². The van der Waals surface area contributed by atoms with Crippen LogP contribution in [0.1, 0.15) is 19.4 Å². The molecule has 0 unspecified atom stereocenters. The van der Waals surface area contributed by atoms with Crippen molar-refractivity contribution >= 4 is 41.2 Å². The molecule has 162 valence electrons. The van der Waals surface area contributed by atoms with Crippen LogP contribution in [0.5, 0.6) is 11.5 Å². The zero-order valence-corrected chi connectivity index (χ0v) is 18.0. The van der Waals surface area contributed by atoms with Gasteiger partial charge in [0.1, 0.15) is 12.2 Å². The Morgan fingerprint density at radius 1 is 1.19 bits per heavy atom. The van der Waals surface area contributed by atoms with Crippen LogP contribution >= 0.6 is 11.6 Å². The summed E-state index contributed by atoms with van der Waals surface area (Å²) in [4.78, 5) is 38.2. The first-order valence-corrected chi connectivity index (χ1v) is 9.90. The molecule has 8 nitrogen and oxygen atoms in total. The van der Waals surface area contributed by atoms with Crippen molar-refractivity contribution in [1.82, 2.24) is 10.2 Å². The van der Waals surface area contributed by atoms with E-state index >= 15 is 0 Å². The van der Waals surface area contributed by atoms with Gasteiger partial charge in [-0.25, -0.2) is 9.69 Å². The molecule has 1 aliphatic heterocycles. The molecule has 0 radical (unpaired) electrons. The number of hydrogen-bond donors (Lipinski definition) is 2. The first-order chi connectivity index (χ1) is 14.8. The minimum Gasteiger partial charge on any atom is -0.493 e. The normalized spacial score (nSPS) is 14.7. The molecule has 0 spiro atoms. The van der Waals surface area contributed by atoms with Crippen molar-refractivity contribution in [3.05, 3.63) is 58.7 Å². The van der Waals surface area contributed by atoms with Gasteiger partial charge >= 0.3 is 6.03 Å². The molecule has 1 fully saturated rings. The van der Waals surface area contributed by atoms with E-state index in [9.17, 15) is 14.4 Å². The number of carbonyl (C=O) groups excluding carboxylic acids is 3. The van der Waals surface area contributed by atoms with Gasteiger partial charge in [0, 0.05) is 16.3 Å². The van der Waals surface area contributed by atoms with E-state index in [-0.39, 0.29) is 11.8 Å². The highest BCUT2D eigenvalue weighted by atomic mass is 35.5. The number of benzene rings is 2. The first-order valence-electron chi connectivity index (χ1n) is 9.52. The van der Waals surface area contributed by atoms with E-state index in [1.165, 1.54) is 13.2 Å². The van der Waals surface area contributed by atoms with Gasteiger partial charge < -0.3 is 20.1 Å². The average molecular weight is 444 g/mol. The smallest absolute Gasteiger partial charge is 0.329 e.